The van der Waals surface area contributed by atoms with Crippen molar-refractivity contribution in [1.82, 2.24) is 9.88 Å². The number of hydrogen-bond donors (Lipinski definition) is 1. The lowest BCUT2D eigenvalue weighted by molar-refractivity contribution is -0.128. The van der Waals surface area contributed by atoms with Crippen molar-refractivity contribution < 1.29 is 9.90 Å². The van der Waals surface area contributed by atoms with E-state index in [4.69, 9.17) is 0 Å². The zero-order valence-electron chi connectivity index (χ0n) is 14.9. The minimum atomic E-state index is 0.153. The van der Waals surface area contributed by atoms with Gasteiger partial charge in [0.2, 0.25) is 5.91 Å². The molecule has 6 heteroatoms. The number of phenolic OH excluding ortho intramolecular Hbond substituents is 1. The zero-order valence-corrected chi connectivity index (χ0v) is 15.7. The predicted molar refractivity (Wildman–Crippen MR) is 109 cm³/mol. The van der Waals surface area contributed by atoms with Gasteiger partial charge in [-0.1, -0.05) is 36.0 Å². The van der Waals surface area contributed by atoms with Gasteiger partial charge in [-0.05, 0) is 36.4 Å². The molecule has 1 amide bonds. The number of piperazine rings is 1. The number of hydrogen-bond acceptors (Lipinski definition) is 5. The first-order chi connectivity index (χ1) is 13.2. The van der Waals surface area contributed by atoms with Gasteiger partial charge in [-0.15, -0.1) is 0 Å². The number of thioether (sulfide) groups is 1. The summed E-state index contributed by atoms with van der Waals surface area (Å²) in [4.78, 5) is 21.3. The molecule has 1 aliphatic heterocycles. The fourth-order valence-electron chi connectivity index (χ4n) is 3.23. The van der Waals surface area contributed by atoms with Gasteiger partial charge >= 0.3 is 0 Å². The van der Waals surface area contributed by atoms with E-state index in [0.717, 1.165) is 34.7 Å². The lowest BCUT2D eigenvalue weighted by Crippen LogP contribution is -2.49. The van der Waals surface area contributed by atoms with Crippen molar-refractivity contribution >= 4 is 34.3 Å². The van der Waals surface area contributed by atoms with E-state index in [9.17, 15) is 9.90 Å². The molecule has 3 aromatic rings. The van der Waals surface area contributed by atoms with Crippen molar-refractivity contribution in [2.75, 3.05) is 36.8 Å². The van der Waals surface area contributed by atoms with Gasteiger partial charge < -0.3 is 14.9 Å². The summed E-state index contributed by atoms with van der Waals surface area (Å²) in [5, 5.41) is 11.4. The lowest BCUT2D eigenvalue weighted by atomic mass is 10.2. The molecule has 138 valence electrons. The van der Waals surface area contributed by atoms with Crippen LogP contribution >= 0.6 is 11.8 Å². The van der Waals surface area contributed by atoms with Gasteiger partial charge in [0.15, 0.2) is 0 Å². The summed E-state index contributed by atoms with van der Waals surface area (Å²) in [7, 11) is 0. The first kappa shape index (κ1) is 17.7. The number of benzene rings is 2. The van der Waals surface area contributed by atoms with Crippen molar-refractivity contribution in [2.45, 2.75) is 5.03 Å². The standard InChI is InChI=1S/C21H21N3O2S/c25-18-8-6-17(7-9-18)23-11-13-24(14-12-23)21(26)15-27-20-10-5-16-3-1-2-4-19(16)22-20/h1-10,25H,11-15H2. The Bertz CT molecular complexity index is 938. The number of amides is 1. The molecule has 0 saturated carbocycles. The van der Waals surface area contributed by atoms with E-state index in [1.54, 1.807) is 12.1 Å². The molecule has 1 aromatic heterocycles. The Morgan fingerprint density at radius 3 is 2.48 bits per heavy atom. The molecule has 5 nitrogen and oxygen atoms in total. The van der Waals surface area contributed by atoms with Crippen LogP contribution in [0.5, 0.6) is 5.75 Å². The van der Waals surface area contributed by atoms with Crippen molar-refractivity contribution in [2.24, 2.45) is 0 Å². The second kappa shape index (κ2) is 7.88. The second-order valence-electron chi connectivity index (χ2n) is 6.52. The molecule has 1 saturated heterocycles. The van der Waals surface area contributed by atoms with Gasteiger partial charge in [-0.25, -0.2) is 4.98 Å². The number of para-hydroxylation sites is 1. The molecule has 1 N–H and O–H groups in total. The topological polar surface area (TPSA) is 56.7 Å². The fraction of sp³-hybridized carbons (Fsp3) is 0.238. The third kappa shape index (κ3) is 4.17. The van der Waals surface area contributed by atoms with E-state index in [-0.39, 0.29) is 11.7 Å². The van der Waals surface area contributed by atoms with Crippen LogP contribution in [0.4, 0.5) is 5.69 Å². The van der Waals surface area contributed by atoms with Gasteiger partial charge in [0.1, 0.15) is 5.75 Å². The minimum Gasteiger partial charge on any atom is -0.508 e. The van der Waals surface area contributed by atoms with Crippen LogP contribution in [-0.4, -0.2) is 52.8 Å². The number of nitrogens with zero attached hydrogens (tertiary/aromatic N) is 3. The van der Waals surface area contributed by atoms with E-state index in [0.29, 0.717) is 18.8 Å². The number of rotatable bonds is 4. The SMILES string of the molecule is O=C(CSc1ccc2ccccc2n1)N1CCN(c2ccc(O)cc2)CC1. The van der Waals surface area contributed by atoms with Crippen LogP contribution in [0.15, 0.2) is 65.7 Å². The summed E-state index contributed by atoms with van der Waals surface area (Å²) in [5.41, 5.74) is 2.03. The van der Waals surface area contributed by atoms with Crippen LogP contribution in [0.3, 0.4) is 0 Å². The largest absolute Gasteiger partial charge is 0.508 e. The van der Waals surface area contributed by atoms with E-state index >= 15 is 0 Å². The third-order valence-electron chi connectivity index (χ3n) is 4.76. The minimum absolute atomic E-state index is 0.153. The summed E-state index contributed by atoms with van der Waals surface area (Å²) in [5.74, 6) is 0.831. The molecule has 0 aliphatic carbocycles. The van der Waals surface area contributed by atoms with E-state index in [1.807, 2.05) is 53.4 Å². The maximum absolute atomic E-state index is 12.5. The number of aromatic hydroxyl groups is 1. The van der Waals surface area contributed by atoms with Crippen LogP contribution in [-0.2, 0) is 4.79 Å². The predicted octanol–water partition coefficient (Wildman–Crippen LogP) is 3.38. The third-order valence-corrected chi connectivity index (χ3v) is 5.68. The highest BCUT2D eigenvalue weighted by Crippen LogP contribution is 2.22. The Labute approximate surface area is 162 Å². The monoisotopic (exact) mass is 379 g/mol. The molecule has 0 spiro atoms. The van der Waals surface area contributed by atoms with Gasteiger partial charge in [0.25, 0.3) is 0 Å². The summed E-state index contributed by atoms with van der Waals surface area (Å²) in [6, 6.07) is 19.2. The second-order valence-corrected chi connectivity index (χ2v) is 7.51. The highest BCUT2D eigenvalue weighted by molar-refractivity contribution is 7.99. The van der Waals surface area contributed by atoms with Gasteiger partial charge in [0, 0.05) is 37.3 Å². The first-order valence-electron chi connectivity index (χ1n) is 8.99. The van der Waals surface area contributed by atoms with E-state index in [2.05, 4.69) is 9.88 Å². The summed E-state index contributed by atoms with van der Waals surface area (Å²) < 4.78 is 0. The van der Waals surface area contributed by atoms with Crippen LogP contribution in [0.25, 0.3) is 10.9 Å². The smallest absolute Gasteiger partial charge is 0.233 e. The van der Waals surface area contributed by atoms with Gasteiger partial charge in [-0.3, -0.25) is 4.79 Å². The van der Waals surface area contributed by atoms with Crippen molar-refractivity contribution in [3.8, 4) is 5.75 Å². The maximum atomic E-state index is 12.5. The summed E-state index contributed by atoms with van der Waals surface area (Å²) in [6.45, 7) is 3.03. The molecule has 2 aromatic carbocycles. The van der Waals surface area contributed by atoms with Crippen LogP contribution in [0.2, 0.25) is 0 Å². The highest BCUT2D eigenvalue weighted by Gasteiger charge is 2.21. The Balaban J connectivity index is 1.30. The average molecular weight is 379 g/mol. The van der Waals surface area contributed by atoms with E-state index < -0.39 is 0 Å². The van der Waals surface area contributed by atoms with Gasteiger partial charge in [0.05, 0.1) is 16.3 Å². The van der Waals surface area contributed by atoms with Crippen molar-refractivity contribution in [1.29, 1.82) is 0 Å². The first-order valence-corrected chi connectivity index (χ1v) is 9.98. The van der Waals surface area contributed by atoms with Crippen LogP contribution < -0.4 is 4.90 Å². The number of pyridine rings is 1. The molecule has 4 rings (SSSR count). The Hall–Kier alpha value is -2.73. The molecule has 2 heterocycles. The number of anilines is 1. The highest BCUT2D eigenvalue weighted by atomic mass is 32.2. The van der Waals surface area contributed by atoms with Crippen LogP contribution in [0, 0.1) is 0 Å². The molecule has 1 fully saturated rings. The van der Waals surface area contributed by atoms with Gasteiger partial charge in [-0.2, -0.15) is 0 Å². The summed E-state index contributed by atoms with van der Waals surface area (Å²) >= 11 is 1.49. The van der Waals surface area contributed by atoms with Crippen molar-refractivity contribution in [3.05, 3.63) is 60.7 Å². The number of carbonyl (C=O) groups is 1. The maximum Gasteiger partial charge on any atom is 0.233 e. The molecule has 0 atom stereocenters. The Morgan fingerprint density at radius 1 is 0.963 bits per heavy atom. The Kier molecular flexibility index (Phi) is 5.16. The molecule has 0 bridgehead atoms. The molecular weight excluding hydrogens is 358 g/mol. The number of carbonyl (C=O) groups excluding carboxylic acids is 1. The number of phenols is 1. The fourth-order valence-corrected chi connectivity index (χ4v) is 4.01. The van der Waals surface area contributed by atoms with Crippen molar-refractivity contribution in [3.63, 3.8) is 0 Å². The molecule has 0 unspecified atom stereocenters. The zero-order chi connectivity index (χ0) is 18.6. The number of fused-ring (bicyclic) bond motifs is 1. The molecule has 0 radical (unpaired) electrons. The molecule has 1 aliphatic rings. The normalized spacial score (nSPS) is 14.5. The lowest BCUT2D eigenvalue weighted by Gasteiger charge is -2.36. The van der Waals surface area contributed by atoms with E-state index in [1.165, 1.54) is 11.8 Å². The average Bonchev–Trinajstić information content (AvgIpc) is 2.72. The quantitative estimate of drug-likeness (QED) is 0.705. The molecular formula is C21H21N3O2S. The van der Waals surface area contributed by atoms with Crippen LogP contribution in [0.1, 0.15) is 0 Å². The Morgan fingerprint density at radius 2 is 1.70 bits per heavy atom. The summed E-state index contributed by atoms with van der Waals surface area (Å²) in [6.07, 6.45) is 0. The number of aromatic nitrogens is 1. The molecule has 27 heavy (non-hydrogen) atoms.